The fraction of sp³-hybridized carbons (Fsp3) is 0.125. The van der Waals surface area contributed by atoms with Crippen molar-refractivity contribution < 1.29 is 0 Å². The van der Waals surface area contributed by atoms with Crippen molar-refractivity contribution in [3.63, 3.8) is 0 Å². The molecule has 0 saturated heterocycles. The quantitative estimate of drug-likeness (QED) is 0.741. The molecule has 0 amide bonds. The largest absolute Gasteiger partial charge is 0.319 e. The Morgan fingerprint density at radius 1 is 1.58 bits per heavy atom. The van der Waals surface area contributed by atoms with Crippen LogP contribution >= 0.6 is 27.3 Å². The van der Waals surface area contributed by atoms with E-state index in [-0.39, 0.29) is 4.95 Å². The van der Waals surface area contributed by atoms with E-state index in [2.05, 4.69) is 32.4 Å². The first-order chi connectivity index (χ1) is 5.88. The van der Waals surface area contributed by atoms with Crippen LogP contribution in [0.25, 0.3) is 0 Å². The molecule has 0 aliphatic rings. The molecule has 4 heteroatoms. The fourth-order valence-corrected chi connectivity index (χ4v) is 2.40. The smallest absolute Gasteiger partial charge is 0.124 e. The molecule has 62 valence electrons. The topological polar surface area (TPSA) is 17.8 Å². The van der Waals surface area contributed by atoms with Gasteiger partial charge in [0, 0.05) is 17.3 Å². The summed E-state index contributed by atoms with van der Waals surface area (Å²) < 4.78 is 2.02. The van der Waals surface area contributed by atoms with Crippen LogP contribution in [0.1, 0.15) is 9.83 Å². The van der Waals surface area contributed by atoms with E-state index in [1.165, 1.54) is 4.88 Å². The second-order valence-electron chi connectivity index (χ2n) is 2.36. The third kappa shape index (κ3) is 1.44. The van der Waals surface area contributed by atoms with Gasteiger partial charge in [0.25, 0.3) is 0 Å². The number of aromatic nitrogens is 2. The maximum atomic E-state index is 3.99. The molecule has 2 aromatic rings. The van der Waals surface area contributed by atoms with Crippen LogP contribution in [0.2, 0.25) is 0 Å². The normalized spacial score (nSPS) is 13.1. The zero-order chi connectivity index (χ0) is 8.39. The summed E-state index contributed by atoms with van der Waals surface area (Å²) in [7, 11) is 0. The highest BCUT2D eigenvalue weighted by atomic mass is 79.9. The van der Waals surface area contributed by atoms with Gasteiger partial charge in [-0.3, -0.25) is 0 Å². The van der Waals surface area contributed by atoms with Crippen LogP contribution in [-0.2, 0) is 0 Å². The Morgan fingerprint density at radius 2 is 2.50 bits per heavy atom. The zero-order valence-electron chi connectivity index (χ0n) is 6.22. The number of imidazole rings is 1. The van der Waals surface area contributed by atoms with Gasteiger partial charge >= 0.3 is 0 Å². The summed E-state index contributed by atoms with van der Waals surface area (Å²) in [5, 5.41) is 2.07. The second kappa shape index (κ2) is 3.41. The number of rotatable bonds is 2. The van der Waals surface area contributed by atoms with Crippen LogP contribution in [0.15, 0.2) is 36.2 Å². The van der Waals surface area contributed by atoms with E-state index >= 15 is 0 Å². The van der Waals surface area contributed by atoms with Gasteiger partial charge in [0.15, 0.2) is 0 Å². The SMILES string of the molecule is BrC(c1cccs1)n1ccnc1. The minimum atomic E-state index is 0.222. The Morgan fingerprint density at radius 3 is 3.08 bits per heavy atom. The van der Waals surface area contributed by atoms with E-state index in [4.69, 9.17) is 0 Å². The number of hydrogen-bond acceptors (Lipinski definition) is 2. The summed E-state index contributed by atoms with van der Waals surface area (Å²) in [6, 6.07) is 4.15. The van der Waals surface area contributed by atoms with E-state index in [1.807, 2.05) is 16.8 Å². The van der Waals surface area contributed by atoms with Gasteiger partial charge in [0.1, 0.15) is 4.95 Å². The predicted molar refractivity (Wildman–Crippen MR) is 53.6 cm³/mol. The van der Waals surface area contributed by atoms with Crippen LogP contribution in [0, 0.1) is 0 Å². The van der Waals surface area contributed by atoms with Gasteiger partial charge in [-0.25, -0.2) is 4.98 Å². The third-order valence-corrected chi connectivity index (χ3v) is 3.76. The highest BCUT2D eigenvalue weighted by molar-refractivity contribution is 9.09. The van der Waals surface area contributed by atoms with E-state index in [9.17, 15) is 0 Å². The molecule has 2 heterocycles. The summed E-state index contributed by atoms with van der Waals surface area (Å²) >= 11 is 5.32. The standard InChI is InChI=1S/C8H7BrN2S/c9-8(7-2-1-5-12-7)11-4-3-10-6-11/h1-6,8H. The number of nitrogens with zero attached hydrogens (tertiary/aromatic N) is 2. The van der Waals surface area contributed by atoms with Gasteiger partial charge < -0.3 is 4.57 Å². The van der Waals surface area contributed by atoms with Crippen LogP contribution in [0.4, 0.5) is 0 Å². The Balaban J connectivity index is 2.27. The molecule has 2 rings (SSSR count). The zero-order valence-corrected chi connectivity index (χ0v) is 8.62. The van der Waals surface area contributed by atoms with Crippen LogP contribution < -0.4 is 0 Å². The lowest BCUT2D eigenvalue weighted by atomic mass is 10.4. The molecule has 0 radical (unpaired) electrons. The van der Waals surface area contributed by atoms with Gasteiger partial charge in [0.2, 0.25) is 0 Å². The van der Waals surface area contributed by atoms with E-state index in [0.717, 1.165) is 0 Å². The molecule has 0 N–H and O–H groups in total. The van der Waals surface area contributed by atoms with Gasteiger partial charge in [-0.1, -0.05) is 22.0 Å². The minimum Gasteiger partial charge on any atom is -0.319 e. The molecule has 2 nitrogen and oxygen atoms in total. The van der Waals surface area contributed by atoms with Crippen molar-refractivity contribution in [2.24, 2.45) is 0 Å². The van der Waals surface area contributed by atoms with E-state index in [1.54, 1.807) is 23.9 Å². The predicted octanol–water partition coefficient (Wildman–Crippen LogP) is 2.89. The second-order valence-corrected chi connectivity index (χ2v) is 4.21. The van der Waals surface area contributed by atoms with Crippen molar-refractivity contribution in [1.29, 1.82) is 0 Å². The van der Waals surface area contributed by atoms with Crippen LogP contribution in [-0.4, -0.2) is 9.55 Å². The highest BCUT2D eigenvalue weighted by Gasteiger charge is 2.08. The molecule has 2 aromatic heterocycles. The molecule has 0 aliphatic carbocycles. The van der Waals surface area contributed by atoms with E-state index in [0.29, 0.717) is 0 Å². The van der Waals surface area contributed by atoms with Gasteiger partial charge in [-0.05, 0) is 11.4 Å². The fourth-order valence-electron chi connectivity index (χ4n) is 0.977. The summed E-state index contributed by atoms with van der Waals surface area (Å²) in [5.74, 6) is 0. The van der Waals surface area contributed by atoms with E-state index < -0.39 is 0 Å². The molecule has 0 bridgehead atoms. The number of hydrogen-bond donors (Lipinski definition) is 0. The molecule has 1 atom stereocenters. The molecule has 12 heavy (non-hydrogen) atoms. The molecular weight excluding hydrogens is 236 g/mol. The molecule has 0 aromatic carbocycles. The molecular formula is C8H7BrN2S. The van der Waals surface area contributed by atoms with Crippen molar-refractivity contribution in [3.8, 4) is 0 Å². The lowest BCUT2D eigenvalue weighted by Crippen LogP contribution is -1.97. The van der Waals surface area contributed by atoms with Crippen molar-refractivity contribution in [1.82, 2.24) is 9.55 Å². The Kier molecular flexibility index (Phi) is 2.28. The Hall–Kier alpha value is -0.610. The maximum absolute atomic E-state index is 3.99. The summed E-state index contributed by atoms with van der Waals surface area (Å²) in [6.07, 6.45) is 5.53. The highest BCUT2D eigenvalue weighted by Crippen LogP contribution is 2.27. The van der Waals surface area contributed by atoms with Crippen LogP contribution in [0.3, 0.4) is 0 Å². The average Bonchev–Trinajstić information content (AvgIpc) is 2.77. The van der Waals surface area contributed by atoms with Gasteiger partial charge in [-0.2, -0.15) is 0 Å². The Labute approximate surface area is 83.0 Å². The molecule has 0 fully saturated rings. The molecule has 1 unspecified atom stereocenters. The summed E-state index contributed by atoms with van der Waals surface area (Å²) in [5.41, 5.74) is 0. The number of alkyl halides is 1. The third-order valence-electron chi connectivity index (χ3n) is 1.56. The molecule has 0 saturated carbocycles. The van der Waals surface area contributed by atoms with Crippen molar-refractivity contribution in [3.05, 3.63) is 41.1 Å². The molecule has 0 spiro atoms. The van der Waals surface area contributed by atoms with Gasteiger partial charge in [0.05, 0.1) is 6.33 Å². The molecule has 0 aliphatic heterocycles. The summed E-state index contributed by atoms with van der Waals surface area (Å²) in [4.78, 5) is 5.50. The first-order valence-corrected chi connectivity index (χ1v) is 5.32. The lowest BCUT2D eigenvalue weighted by Gasteiger charge is -2.07. The minimum absolute atomic E-state index is 0.222. The lowest BCUT2D eigenvalue weighted by molar-refractivity contribution is 0.801. The average molecular weight is 243 g/mol. The first-order valence-electron chi connectivity index (χ1n) is 3.53. The monoisotopic (exact) mass is 242 g/mol. The Bertz CT molecular complexity index is 294. The van der Waals surface area contributed by atoms with Crippen molar-refractivity contribution in [2.45, 2.75) is 4.95 Å². The number of halogens is 1. The van der Waals surface area contributed by atoms with Crippen molar-refractivity contribution in [2.75, 3.05) is 0 Å². The summed E-state index contributed by atoms with van der Waals surface area (Å²) in [6.45, 7) is 0. The van der Waals surface area contributed by atoms with Gasteiger partial charge in [-0.15, -0.1) is 11.3 Å². The first kappa shape index (κ1) is 8.01. The van der Waals surface area contributed by atoms with Crippen LogP contribution in [0.5, 0.6) is 0 Å². The maximum Gasteiger partial charge on any atom is 0.124 e. The van der Waals surface area contributed by atoms with Crippen molar-refractivity contribution >= 4 is 27.3 Å². The number of thiophene rings is 1.